The summed E-state index contributed by atoms with van der Waals surface area (Å²) in [4.78, 5) is 0. The Bertz CT molecular complexity index is 128. The second-order valence-electron chi connectivity index (χ2n) is 5.54. The predicted molar refractivity (Wildman–Crippen MR) is 71.2 cm³/mol. The lowest BCUT2D eigenvalue weighted by molar-refractivity contribution is 0.326. The fraction of sp³-hybridized carbons (Fsp3) is 1.00. The lowest BCUT2D eigenvalue weighted by atomic mass is 9.87. The van der Waals surface area contributed by atoms with Gasteiger partial charge in [-0.25, -0.2) is 0 Å². The van der Waals surface area contributed by atoms with Gasteiger partial charge in [0.05, 0.1) is 0 Å². The van der Waals surface area contributed by atoms with Crippen LogP contribution in [0.4, 0.5) is 0 Å². The van der Waals surface area contributed by atoms with Crippen molar-refractivity contribution < 1.29 is 0 Å². The highest BCUT2D eigenvalue weighted by Crippen LogP contribution is 2.23. The highest BCUT2D eigenvalue weighted by Gasteiger charge is 2.10. The molecule has 15 heavy (non-hydrogen) atoms. The lowest BCUT2D eigenvalue weighted by Gasteiger charge is -2.19. The Labute approximate surface area is 97.8 Å². The summed E-state index contributed by atoms with van der Waals surface area (Å²) in [5.41, 5.74) is 0. The Morgan fingerprint density at radius 2 is 1.27 bits per heavy atom. The Kier molecular flexibility index (Phi) is 9.24. The van der Waals surface area contributed by atoms with Gasteiger partial charge in [0, 0.05) is 0 Å². The fourth-order valence-electron chi connectivity index (χ4n) is 2.19. The zero-order valence-electron chi connectivity index (χ0n) is 11.7. The molecule has 0 amide bonds. The van der Waals surface area contributed by atoms with E-state index in [1.54, 1.807) is 0 Å². The molecule has 0 radical (unpaired) electrons. The van der Waals surface area contributed by atoms with Crippen LogP contribution >= 0.6 is 0 Å². The normalized spacial score (nSPS) is 17.4. The number of hydrogen-bond donors (Lipinski definition) is 0. The summed E-state index contributed by atoms with van der Waals surface area (Å²) in [6.45, 7) is 11.8. The smallest absolute Gasteiger partial charge is 0.0417 e. The van der Waals surface area contributed by atoms with E-state index < -0.39 is 0 Å². The van der Waals surface area contributed by atoms with Crippen molar-refractivity contribution in [1.82, 2.24) is 0 Å². The molecule has 0 aromatic rings. The monoisotopic (exact) mass is 212 g/mol. The van der Waals surface area contributed by atoms with Crippen molar-refractivity contribution in [3.63, 3.8) is 0 Å². The summed E-state index contributed by atoms with van der Waals surface area (Å²) in [6, 6.07) is 0. The molecule has 0 N–H and O–H groups in total. The van der Waals surface area contributed by atoms with E-state index in [0.717, 1.165) is 17.8 Å². The molecular weight excluding hydrogens is 180 g/mol. The third-order valence-corrected chi connectivity index (χ3v) is 4.02. The van der Waals surface area contributed by atoms with E-state index in [9.17, 15) is 0 Å². The molecule has 3 atom stereocenters. The number of rotatable bonds is 9. The lowest BCUT2D eigenvalue weighted by Crippen LogP contribution is -2.07. The van der Waals surface area contributed by atoms with Crippen molar-refractivity contribution in [3.05, 3.63) is 0 Å². The second-order valence-corrected chi connectivity index (χ2v) is 5.54. The topological polar surface area (TPSA) is 0 Å². The van der Waals surface area contributed by atoms with Crippen molar-refractivity contribution >= 4 is 0 Å². The summed E-state index contributed by atoms with van der Waals surface area (Å²) in [5.74, 6) is 2.80. The molecule has 0 heterocycles. The van der Waals surface area contributed by atoms with Gasteiger partial charge in [0.25, 0.3) is 0 Å². The van der Waals surface area contributed by atoms with E-state index >= 15 is 0 Å². The van der Waals surface area contributed by atoms with Gasteiger partial charge in [-0.15, -0.1) is 0 Å². The second kappa shape index (κ2) is 9.24. The molecule has 0 spiro atoms. The third-order valence-electron chi connectivity index (χ3n) is 4.02. The zero-order chi connectivity index (χ0) is 11.7. The van der Waals surface area contributed by atoms with Crippen LogP contribution < -0.4 is 0 Å². The van der Waals surface area contributed by atoms with Crippen LogP contribution in [0.1, 0.15) is 79.6 Å². The van der Waals surface area contributed by atoms with Crippen LogP contribution in [0.25, 0.3) is 0 Å². The average Bonchev–Trinajstić information content (AvgIpc) is 2.23. The summed E-state index contributed by atoms with van der Waals surface area (Å²) >= 11 is 0. The molecule has 0 rings (SSSR count). The van der Waals surface area contributed by atoms with E-state index in [2.05, 4.69) is 34.6 Å². The standard InChI is InChI=1S/C15H32/c1-6-10-14(4)15(5)12-9-8-11-13(3)7-2/h13-15H,6-12H2,1-5H3. The molecule has 0 fully saturated rings. The largest absolute Gasteiger partial charge is 0.0654 e. The minimum atomic E-state index is 0.929. The van der Waals surface area contributed by atoms with Crippen molar-refractivity contribution in [2.75, 3.05) is 0 Å². The average molecular weight is 212 g/mol. The maximum absolute atomic E-state index is 2.43. The summed E-state index contributed by atoms with van der Waals surface area (Å²) in [7, 11) is 0. The van der Waals surface area contributed by atoms with Crippen LogP contribution in [0.3, 0.4) is 0 Å². The molecule has 0 bridgehead atoms. The first-order valence-corrected chi connectivity index (χ1v) is 7.11. The predicted octanol–water partition coefficient (Wildman–Crippen LogP) is 5.67. The maximum Gasteiger partial charge on any atom is -0.0417 e. The van der Waals surface area contributed by atoms with Crippen LogP contribution in [-0.2, 0) is 0 Å². The van der Waals surface area contributed by atoms with Crippen LogP contribution in [0, 0.1) is 17.8 Å². The number of hydrogen-bond acceptors (Lipinski definition) is 0. The molecule has 0 aromatic carbocycles. The van der Waals surface area contributed by atoms with Gasteiger partial charge in [-0.05, 0) is 17.8 Å². The molecular formula is C15H32. The van der Waals surface area contributed by atoms with Gasteiger partial charge in [0.2, 0.25) is 0 Å². The van der Waals surface area contributed by atoms with E-state index in [-0.39, 0.29) is 0 Å². The summed E-state index contributed by atoms with van der Waals surface area (Å²) in [6.07, 6.45) is 9.87. The highest BCUT2D eigenvalue weighted by atomic mass is 14.2. The van der Waals surface area contributed by atoms with E-state index in [0.29, 0.717) is 0 Å². The first-order chi connectivity index (χ1) is 7.11. The molecule has 3 unspecified atom stereocenters. The molecule has 0 heteroatoms. The molecule has 0 aliphatic heterocycles. The molecule has 0 aliphatic rings. The van der Waals surface area contributed by atoms with Crippen molar-refractivity contribution in [2.24, 2.45) is 17.8 Å². The Morgan fingerprint density at radius 1 is 0.733 bits per heavy atom. The van der Waals surface area contributed by atoms with E-state index in [1.165, 1.54) is 44.9 Å². The first-order valence-electron chi connectivity index (χ1n) is 7.11. The maximum atomic E-state index is 2.43. The quantitative estimate of drug-likeness (QED) is 0.432. The van der Waals surface area contributed by atoms with Gasteiger partial charge in [0.1, 0.15) is 0 Å². The Morgan fingerprint density at radius 3 is 1.80 bits per heavy atom. The van der Waals surface area contributed by atoms with E-state index in [1.807, 2.05) is 0 Å². The van der Waals surface area contributed by atoms with Gasteiger partial charge in [-0.1, -0.05) is 79.6 Å². The first kappa shape index (κ1) is 15.0. The van der Waals surface area contributed by atoms with Gasteiger partial charge in [-0.3, -0.25) is 0 Å². The summed E-state index contributed by atoms with van der Waals surface area (Å²) in [5, 5.41) is 0. The van der Waals surface area contributed by atoms with Gasteiger partial charge in [0.15, 0.2) is 0 Å². The molecule has 0 nitrogen and oxygen atoms in total. The molecule has 0 aliphatic carbocycles. The van der Waals surface area contributed by atoms with Crippen LogP contribution in [0.2, 0.25) is 0 Å². The summed E-state index contributed by atoms with van der Waals surface area (Å²) < 4.78 is 0. The molecule has 0 saturated heterocycles. The zero-order valence-corrected chi connectivity index (χ0v) is 11.7. The SMILES string of the molecule is CCCC(C)C(C)CCCCC(C)CC. The third kappa shape index (κ3) is 7.88. The minimum absolute atomic E-state index is 0.929. The van der Waals surface area contributed by atoms with Crippen molar-refractivity contribution in [3.8, 4) is 0 Å². The van der Waals surface area contributed by atoms with Crippen LogP contribution in [0.15, 0.2) is 0 Å². The fourth-order valence-corrected chi connectivity index (χ4v) is 2.19. The van der Waals surface area contributed by atoms with Crippen LogP contribution in [-0.4, -0.2) is 0 Å². The molecule has 0 aromatic heterocycles. The van der Waals surface area contributed by atoms with Gasteiger partial charge >= 0.3 is 0 Å². The molecule has 92 valence electrons. The molecule has 0 saturated carbocycles. The van der Waals surface area contributed by atoms with Gasteiger partial charge in [-0.2, -0.15) is 0 Å². The Hall–Kier alpha value is 0. The van der Waals surface area contributed by atoms with Gasteiger partial charge < -0.3 is 0 Å². The van der Waals surface area contributed by atoms with Crippen LogP contribution in [0.5, 0.6) is 0 Å². The van der Waals surface area contributed by atoms with Crippen molar-refractivity contribution in [2.45, 2.75) is 79.6 Å². The minimum Gasteiger partial charge on any atom is -0.0654 e. The van der Waals surface area contributed by atoms with Crippen molar-refractivity contribution in [1.29, 1.82) is 0 Å². The Balaban J connectivity index is 3.41. The highest BCUT2D eigenvalue weighted by molar-refractivity contribution is 4.62. The van der Waals surface area contributed by atoms with E-state index in [4.69, 9.17) is 0 Å². The number of unbranched alkanes of at least 4 members (excludes halogenated alkanes) is 1.